The van der Waals surface area contributed by atoms with Crippen molar-refractivity contribution in [2.24, 2.45) is 0 Å². The van der Waals surface area contributed by atoms with Crippen molar-refractivity contribution in [1.82, 2.24) is 4.98 Å². The maximum absolute atomic E-state index is 12.4. The number of halogens is 4. The minimum atomic E-state index is -2.68. The fraction of sp³-hybridized carbons (Fsp3) is 0.286. The summed E-state index contributed by atoms with van der Waals surface area (Å²) in [7, 11) is 0. The second kappa shape index (κ2) is 5.10. The van der Waals surface area contributed by atoms with Crippen LogP contribution in [-0.4, -0.2) is 9.91 Å². The number of nitrogens with zero attached hydrogens (tertiary/aromatic N) is 2. The molecule has 0 aliphatic rings. The molecule has 8 heteroatoms. The molecule has 1 rings (SSSR count). The Morgan fingerprint density at radius 2 is 2.27 bits per heavy atom. The summed E-state index contributed by atoms with van der Waals surface area (Å²) in [6.07, 6.45) is -2.68. The van der Waals surface area contributed by atoms with E-state index in [1.165, 1.54) is 0 Å². The molecule has 1 aromatic heterocycles. The number of hydrogen-bond donors (Lipinski definition) is 0. The average Bonchev–Trinajstić information content (AvgIpc) is 2.16. The Bertz CT molecular complexity index is 403. The maximum Gasteiger partial charge on any atom is 0.368 e. The molecule has 0 aromatic carbocycles. The van der Waals surface area contributed by atoms with Gasteiger partial charge in [-0.25, -0.2) is 8.78 Å². The van der Waals surface area contributed by atoms with Crippen molar-refractivity contribution in [3.8, 4) is 0 Å². The van der Waals surface area contributed by atoms with E-state index in [1.807, 2.05) is 0 Å². The lowest BCUT2D eigenvalue weighted by atomic mass is 10.2. The van der Waals surface area contributed by atoms with Crippen molar-refractivity contribution >= 4 is 44.3 Å². The van der Waals surface area contributed by atoms with Gasteiger partial charge >= 0.3 is 5.82 Å². The molecule has 0 spiro atoms. The molecule has 0 amide bonds. The molecule has 0 fully saturated rings. The van der Waals surface area contributed by atoms with Crippen LogP contribution in [-0.2, 0) is 5.33 Å². The number of aromatic nitrogens is 1. The molecule has 1 heterocycles. The van der Waals surface area contributed by atoms with Crippen LogP contribution in [0.25, 0.3) is 0 Å². The summed E-state index contributed by atoms with van der Waals surface area (Å²) in [6, 6.07) is 1.10. The first-order chi connectivity index (χ1) is 6.97. The van der Waals surface area contributed by atoms with Crippen LogP contribution in [0, 0.1) is 13.8 Å². The number of nitro groups is 1. The van der Waals surface area contributed by atoms with Crippen molar-refractivity contribution in [2.75, 3.05) is 0 Å². The average molecular weight is 393 g/mol. The van der Waals surface area contributed by atoms with Crippen LogP contribution < -0.4 is 0 Å². The van der Waals surface area contributed by atoms with Gasteiger partial charge in [-0.15, -0.1) is 0 Å². The molecule has 0 aliphatic carbocycles. The summed E-state index contributed by atoms with van der Waals surface area (Å²) < 4.78 is 24.9. The summed E-state index contributed by atoms with van der Waals surface area (Å²) in [4.78, 5) is 13.4. The molecule has 0 N–H and O–H groups in total. The van der Waals surface area contributed by atoms with Gasteiger partial charge in [0.1, 0.15) is 0 Å². The van der Waals surface area contributed by atoms with Crippen LogP contribution in [0.4, 0.5) is 14.6 Å². The van der Waals surface area contributed by atoms with Crippen molar-refractivity contribution < 1.29 is 13.7 Å². The fourth-order valence-electron chi connectivity index (χ4n) is 0.951. The van der Waals surface area contributed by atoms with E-state index >= 15 is 0 Å². The van der Waals surface area contributed by atoms with Gasteiger partial charge in [0.25, 0.3) is 6.43 Å². The van der Waals surface area contributed by atoms with Gasteiger partial charge in [0, 0.05) is 27.9 Å². The molecule has 0 saturated heterocycles. The topological polar surface area (TPSA) is 56.0 Å². The molecule has 1 aromatic rings. The first kappa shape index (κ1) is 12.7. The molecule has 0 atom stereocenters. The highest BCUT2D eigenvalue weighted by Crippen LogP contribution is 2.29. The van der Waals surface area contributed by atoms with E-state index in [0.29, 0.717) is 0 Å². The Kier molecular flexibility index (Phi) is 4.32. The van der Waals surface area contributed by atoms with Gasteiger partial charge in [0.05, 0.1) is 11.1 Å². The van der Waals surface area contributed by atoms with E-state index in [1.54, 1.807) is 22.6 Å². The predicted molar refractivity (Wildman–Crippen MR) is 61.2 cm³/mol. The lowest BCUT2D eigenvalue weighted by Gasteiger charge is -2.03. The minimum absolute atomic E-state index is 0.0426. The van der Waals surface area contributed by atoms with E-state index < -0.39 is 11.3 Å². The van der Waals surface area contributed by atoms with Gasteiger partial charge in [-0.3, -0.25) is 0 Å². The number of rotatable bonds is 3. The van der Waals surface area contributed by atoms with Gasteiger partial charge in [-0.1, -0.05) is 15.9 Å². The second-order valence-electron chi connectivity index (χ2n) is 2.54. The predicted octanol–water partition coefficient (Wildman–Crippen LogP) is 3.43. The van der Waals surface area contributed by atoms with E-state index in [-0.39, 0.29) is 26.0 Å². The largest absolute Gasteiger partial charge is 0.368 e. The number of hydrogen-bond acceptors (Lipinski definition) is 3. The van der Waals surface area contributed by atoms with Gasteiger partial charge in [0.2, 0.25) is 3.70 Å². The van der Waals surface area contributed by atoms with Gasteiger partial charge in [0.15, 0.2) is 0 Å². The van der Waals surface area contributed by atoms with E-state index in [9.17, 15) is 18.9 Å². The molecule has 0 radical (unpaired) electrons. The van der Waals surface area contributed by atoms with E-state index in [4.69, 9.17) is 0 Å². The Morgan fingerprint density at radius 3 is 2.67 bits per heavy atom. The highest BCUT2D eigenvalue weighted by atomic mass is 127. The van der Waals surface area contributed by atoms with Crippen molar-refractivity contribution in [1.29, 1.82) is 0 Å². The minimum Gasteiger partial charge on any atom is -0.358 e. The number of alkyl halides is 3. The third-order valence-corrected chi connectivity index (χ3v) is 3.08. The quantitative estimate of drug-likeness (QED) is 0.260. The zero-order valence-electron chi connectivity index (χ0n) is 7.08. The van der Waals surface area contributed by atoms with E-state index in [2.05, 4.69) is 20.9 Å². The lowest BCUT2D eigenvalue weighted by Crippen LogP contribution is -2.02. The van der Waals surface area contributed by atoms with Crippen molar-refractivity contribution in [2.45, 2.75) is 11.8 Å². The van der Waals surface area contributed by atoms with Crippen molar-refractivity contribution in [3.63, 3.8) is 0 Å². The zero-order valence-corrected chi connectivity index (χ0v) is 10.8. The maximum atomic E-state index is 12.4. The molecular formula is C7H4BrF2IN2O2. The molecule has 15 heavy (non-hydrogen) atoms. The molecular weight excluding hydrogens is 389 g/mol. The van der Waals surface area contributed by atoms with Crippen LogP contribution in [0.5, 0.6) is 0 Å². The van der Waals surface area contributed by atoms with Crippen molar-refractivity contribution in [3.05, 3.63) is 31.0 Å². The Balaban J connectivity index is 3.35. The summed E-state index contributed by atoms with van der Waals surface area (Å²) in [5.74, 6) is -0.388. The lowest BCUT2D eigenvalue weighted by molar-refractivity contribution is -0.390. The summed E-state index contributed by atoms with van der Waals surface area (Å²) in [5.41, 5.74) is -0.133. The SMILES string of the molecule is O=[N+]([O-])c1nc(I)c(C(F)F)cc1CBr. The van der Waals surface area contributed by atoms with E-state index in [0.717, 1.165) is 6.07 Å². The highest BCUT2D eigenvalue weighted by Gasteiger charge is 2.23. The third-order valence-electron chi connectivity index (χ3n) is 1.61. The molecule has 4 nitrogen and oxygen atoms in total. The Hall–Kier alpha value is -0.380. The molecule has 82 valence electrons. The first-order valence-electron chi connectivity index (χ1n) is 3.65. The molecule has 0 saturated carbocycles. The van der Waals surface area contributed by atoms with Crippen LogP contribution in [0.3, 0.4) is 0 Å². The van der Waals surface area contributed by atoms with Gasteiger partial charge in [-0.05, 0) is 16.0 Å². The third kappa shape index (κ3) is 2.80. The first-order valence-corrected chi connectivity index (χ1v) is 5.85. The smallest absolute Gasteiger partial charge is 0.358 e. The van der Waals surface area contributed by atoms with Gasteiger partial charge < -0.3 is 10.1 Å². The highest BCUT2D eigenvalue weighted by molar-refractivity contribution is 14.1. The van der Waals surface area contributed by atoms with Crippen LogP contribution >= 0.6 is 38.5 Å². The normalized spacial score (nSPS) is 10.7. The fourth-order valence-corrected chi connectivity index (χ4v) is 1.98. The summed E-state index contributed by atoms with van der Waals surface area (Å²) in [6.45, 7) is 0. The van der Waals surface area contributed by atoms with Crippen LogP contribution in [0.1, 0.15) is 17.6 Å². The summed E-state index contributed by atoms with van der Waals surface area (Å²) in [5, 5.41) is 10.7. The zero-order chi connectivity index (χ0) is 11.6. The molecule has 0 bridgehead atoms. The van der Waals surface area contributed by atoms with Crippen LogP contribution in [0.2, 0.25) is 0 Å². The molecule has 0 aliphatic heterocycles. The van der Waals surface area contributed by atoms with Gasteiger partial charge in [-0.2, -0.15) is 0 Å². The summed E-state index contributed by atoms with van der Waals surface area (Å²) >= 11 is 4.55. The number of pyridine rings is 1. The standard InChI is InChI=1S/C7H4BrF2IN2O2/c8-2-3-1-4(5(9)10)6(11)12-7(3)13(14)15/h1,5H,2H2. The Morgan fingerprint density at radius 1 is 1.67 bits per heavy atom. The van der Waals surface area contributed by atoms with Crippen LogP contribution in [0.15, 0.2) is 6.07 Å². The second-order valence-corrected chi connectivity index (χ2v) is 4.13. The Labute approximate surface area is 105 Å². The monoisotopic (exact) mass is 392 g/mol. The molecule has 0 unspecified atom stereocenters.